The van der Waals surface area contributed by atoms with Crippen molar-refractivity contribution >= 4 is 35.6 Å². The molecule has 0 aromatic heterocycles. The highest BCUT2D eigenvalue weighted by Crippen LogP contribution is 2.06. The molecule has 15 nitrogen and oxygen atoms in total. The Balaban J connectivity index is 2.99. The number of primary amides is 1. The number of hydrogen-bond acceptors (Lipinski definition) is 8. The maximum absolute atomic E-state index is 12.4. The van der Waals surface area contributed by atoms with E-state index in [-0.39, 0.29) is 6.42 Å². The first kappa shape index (κ1) is 29.6. The molecule has 0 aliphatic carbocycles. The van der Waals surface area contributed by atoms with E-state index >= 15 is 0 Å². The van der Waals surface area contributed by atoms with E-state index in [9.17, 15) is 39.0 Å². The maximum Gasteiger partial charge on any atom is 0.316 e. The number of carbonyl (C=O) groups excluding carboxylic acids is 6. The van der Waals surface area contributed by atoms with Crippen LogP contribution in [0.25, 0.3) is 0 Å². The van der Waals surface area contributed by atoms with Gasteiger partial charge in [0.25, 0.3) is 11.8 Å². The molecule has 15 heteroatoms. The molecule has 0 spiro atoms. The number of aliphatic hydroxyl groups excluding tert-OH is 2. The Morgan fingerprint density at radius 3 is 2.11 bits per heavy atom. The lowest BCUT2D eigenvalue weighted by Crippen LogP contribution is -2.60. The van der Waals surface area contributed by atoms with Gasteiger partial charge in [-0.1, -0.05) is 19.3 Å². The third kappa shape index (κ3) is 11.5. The molecule has 1 heterocycles. The number of hydrazine groups is 1. The smallest absolute Gasteiger partial charge is 0.316 e. The van der Waals surface area contributed by atoms with E-state index in [1.807, 2.05) is 10.9 Å². The monoisotopic (exact) mass is 501 g/mol. The molecule has 0 aromatic carbocycles. The average molecular weight is 502 g/mol. The second-order valence-electron chi connectivity index (χ2n) is 8.15. The molecule has 1 aliphatic rings. The summed E-state index contributed by atoms with van der Waals surface area (Å²) < 4.78 is 0. The summed E-state index contributed by atoms with van der Waals surface area (Å²) in [6.45, 7) is 0.854. The van der Waals surface area contributed by atoms with Crippen molar-refractivity contribution in [3.63, 3.8) is 0 Å². The van der Waals surface area contributed by atoms with Crippen LogP contribution in [0, 0.1) is 0 Å². The van der Waals surface area contributed by atoms with Crippen molar-refractivity contribution in [2.75, 3.05) is 13.2 Å². The number of nitrogens with one attached hydrogen (secondary N) is 6. The topological polar surface area (TPSA) is 241 Å². The van der Waals surface area contributed by atoms with Gasteiger partial charge in [-0.15, -0.1) is 0 Å². The molecule has 1 unspecified atom stereocenters. The standard InChI is InChI=1S/C20H35N7O8/c1-11(29)16-19(34)22-8-6-4-2-3-5-7-15(31)23-13(10-28)18(33)27-26-17(32)12(9-14(21)30)24-20(35)25-16/h11-13,16,28-29H,2-10H2,1H3,(H2,21,30)(H,22,34)(H,23,31)(H,26,32)(H,27,33)(H2,24,25,35)/t11?,12-,13-,16-/m0/s1. The fraction of sp³-hybridized carbons (Fsp3) is 0.700. The number of aliphatic hydroxyl groups is 2. The molecule has 0 bridgehead atoms. The van der Waals surface area contributed by atoms with Crippen molar-refractivity contribution in [3.8, 4) is 0 Å². The number of carbonyl (C=O) groups is 6. The van der Waals surface area contributed by atoms with Crippen LogP contribution in [0.4, 0.5) is 4.79 Å². The SMILES string of the molecule is CC(O)[C@@H]1NC(=O)N[C@@H](CC(N)=O)C(=O)NNC(=O)[C@H](CO)NC(=O)CCCCCCCNC1=O. The summed E-state index contributed by atoms with van der Waals surface area (Å²) in [5, 5.41) is 28.7. The lowest BCUT2D eigenvalue weighted by Gasteiger charge is -2.23. The van der Waals surface area contributed by atoms with Crippen molar-refractivity contribution in [2.24, 2.45) is 5.73 Å². The van der Waals surface area contributed by atoms with Gasteiger partial charge in [-0.2, -0.15) is 0 Å². The largest absolute Gasteiger partial charge is 0.394 e. The van der Waals surface area contributed by atoms with Gasteiger partial charge in [0, 0.05) is 13.0 Å². The third-order valence-electron chi connectivity index (χ3n) is 5.10. The minimum Gasteiger partial charge on any atom is -0.394 e. The summed E-state index contributed by atoms with van der Waals surface area (Å²) in [4.78, 5) is 72.9. The van der Waals surface area contributed by atoms with Gasteiger partial charge in [-0.25, -0.2) is 4.79 Å². The molecule has 35 heavy (non-hydrogen) atoms. The Bertz CT molecular complexity index is 777. The zero-order valence-corrected chi connectivity index (χ0v) is 19.6. The number of nitrogens with two attached hydrogens (primary N) is 1. The Morgan fingerprint density at radius 2 is 1.51 bits per heavy atom. The number of hydrogen-bond donors (Lipinski definition) is 9. The normalized spacial score (nSPS) is 25.3. The lowest BCUT2D eigenvalue weighted by molar-refractivity contribution is -0.134. The van der Waals surface area contributed by atoms with Gasteiger partial charge in [0.15, 0.2) is 0 Å². The molecule has 0 aromatic rings. The van der Waals surface area contributed by atoms with Crippen molar-refractivity contribution in [2.45, 2.75) is 76.1 Å². The van der Waals surface area contributed by atoms with E-state index in [1.54, 1.807) is 0 Å². The second-order valence-corrected chi connectivity index (χ2v) is 8.15. The van der Waals surface area contributed by atoms with Gasteiger partial charge in [0.2, 0.25) is 17.7 Å². The summed E-state index contributed by atoms with van der Waals surface area (Å²) in [6, 6.07) is -5.29. The Labute approximate surface area is 202 Å². The highest BCUT2D eigenvalue weighted by Gasteiger charge is 2.29. The highest BCUT2D eigenvalue weighted by molar-refractivity contribution is 5.94. The van der Waals surface area contributed by atoms with Crippen molar-refractivity contribution < 1.29 is 39.0 Å². The number of rotatable bonds is 4. The zero-order valence-electron chi connectivity index (χ0n) is 19.6. The molecule has 0 saturated carbocycles. The second kappa shape index (κ2) is 15.4. The summed E-state index contributed by atoms with van der Waals surface area (Å²) in [5.41, 5.74) is 9.10. The van der Waals surface area contributed by atoms with Crippen LogP contribution in [-0.2, 0) is 24.0 Å². The molecule has 1 saturated heterocycles. The first-order valence-electron chi connectivity index (χ1n) is 11.4. The molecule has 1 rings (SSSR count). The van der Waals surface area contributed by atoms with Crippen LogP contribution in [0.5, 0.6) is 0 Å². The molecule has 198 valence electrons. The van der Waals surface area contributed by atoms with Gasteiger partial charge in [0.05, 0.1) is 19.1 Å². The first-order chi connectivity index (χ1) is 16.5. The van der Waals surface area contributed by atoms with E-state index < -0.39 is 72.8 Å². The van der Waals surface area contributed by atoms with Gasteiger partial charge in [-0.3, -0.25) is 34.8 Å². The van der Waals surface area contributed by atoms with Gasteiger partial charge in [0.1, 0.15) is 18.1 Å². The van der Waals surface area contributed by atoms with Crippen LogP contribution in [0.1, 0.15) is 51.9 Å². The summed E-state index contributed by atoms with van der Waals surface area (Å²) in [5.74, 6) is -4.03. The molecule has 7 amide bonds. The highest BCUT2D eigenvalue weighted by atomic mass is 16.3. The average Bonchev–Trinajstić information content (AvgIpc) is 2.79. The van der Waals surface area contributed by atoms with Crippen LogP contribution < -0.4 is 37.9 Å². The lowest BCUT2D eigenvalue weighted by atomic mass is 10.1. The Kier molecular flexibility index (Phi) is 13.0. The third-order valence-corrected chi connectivity index (χ3v) is 5.10. The predicted octanol–water partition coefficient (Wildman–Crippen LogP) is -3.63. The molecule has 0 radical (unpaired) electrons. The van der Waals surface area contributed by atoms with Crippen LogP contribution in [0.2, 0.25) is 0 Å². The molecular weight excluding hydrogens is 466 g/mol. The van der Waals surface area contributed by atoms with Crippen LogP contribution in [0.15, 0.2) is 0 Å². The summed E-state index contributed by atoms with van der Waals surface area (Å²) in [7, 11) is 0. The van der Waals surface area contributed by atoms with Gasteiger partial charge in [-0.05, 0) is 19.8 Å². The number of amides is 7. The van der Waals surface area contributed by atoms with Crippen LogP contribution in [0.3, 0.4) is 0 Å². The van der Waals surface area contributed by atoms with E-state index in [0.29, 0.717) is 19.4 Å². The summed E-state index contributed by atoms with van der Waals surface area (Å²) >= 11 is 0. The Morgan fingerprint density at radius 1 is 0.914 bits per heavy atom. The van der Waals surface area contributed by atoms with E-state index in [4.69, 9.17) is 5.73 Å². The fourth-order valence-corrected chi connectivity index (χ4v) is 3.18. The number of urea groups is 1. The van der Waals surface area contributed by atoms with Crippen LogP contribution in [-0.4, -0.2) is 83.2 Å². The van der Waals surface area contributed by atoms with Gasteiger partial charge < -0.3 is 37.2 Å². The zero-order chi connectivity index (χ0) is 26.4. The summed E-state index contributed by atoms with van der Waals surface area (Å²) in [6.07, 6.45) is 1.66. The minimum absolute atomic E-state index is 0.126. The van der Waals surface area contributed by atoms with E-state index in [0.717, 1.165) is 19.3 Å². The van der Waals surface area contributed by atoms with E-state index in [2.05, 4.69) is 21.3 Å². The van der Waals surface area contributed by atoms with E-state index in [1.165, 1.54) is 6.92 Å². The van der Waals surface area contributed by atoms with Crippen molar-refractivity contribution in [1.29, 1.82) is 0 Å². The quantitative estimate of drug-likeness (QED) is 0.186. The molecular formula is C20H35N7O8. The molecule has 1 fully saturated rings. The van der Waals surface area contributed by atoms with Gasteiger partial charge >= 0.3 is 6.03 Å². The first-order valence-corrected chi connectivity index (χ1v) is 11.4. The van der Waals surface area contributed by atoms with Crippen molar-refractivity contribution in [3.05, 3.63) is 0 Å². The maximum atomic E-state index is 12.4. The molecule has 10 N–H and O–H groups in total. The minimum atomic E-state index is -1.55. The van der Waals surface area contributed by atoms with Crippen LogP contribution >= 0.6 is 0 Å². The molecule has 4 atom stereocenters. The van der Waals surface area contributed by atoms with Crippen molar-refractivity contribution in [1.82, 2.24) is 32.1 Å². The predicted molar refractivity (Wildman–Crippen MR) is 121 cm³/mol. The molecule has 1 aliphatic heterocycles. The fourth-order valence-electron chi connectivity index (χ4n) is 3.18. The Hall–Kier alpha value is -3.46.